The quantitative estimate of drug-likeness (QED) is 0.552. The molecule has 24 heavy (non-hydrogen) atoms. The minimum atomic E-state index is -4.70. The molecule has 0 amide bonds. The van der Waals surface area contributed by atoms with Gasteiger partial charge >= 0.3 is 18.3 Å². The van der Waals surface area contributed by atoms with Gasteiger partial charge < -0.3 is 4.74 Å². The molecule has 0 N–H and O–H groups in total. The summed E-state index contributed by atoms with van der Waals surface area (Å²) >= 11 is 0. The maximum atomic E-state index is 12.9. The summed E-state index contributed by atoms with van der Waals surface area (Å²) in [6.07, 6.45) is -9.37. The summed E-state index contributed by atoms with van der Waals surface area (Å²) in [6, 6.07) is 5.89. The zero-order chi connectivity index (χ0) is 18.1. The third-order valence-corrected chi connectivity index (χ3v) is 3.25. The fourth-order valence-corrected chi connectivity index (χ4v) is 2.11. The highest BCUT2D eigenvalue weighted by Crippen LogP contribution is 2.36. The van der Waals surface area contributed by atoms with E-state index in [1.54, 1.807) is 0 Å². The van der Waals surface area contributed by atoms with E-state index in [1.165, 1.54) is 6.07 Å². The van der Waals surface area contributed by atoms with Crippen molar-refractivity contribution in [3.05, 3.63) is 59.2 Å². The Morgan fingerprint density at radius 3 is 2.00 bits per heavy atom. The number of benzene rings is 2. The fraction of sp³-hybridized carbons (Fsp3) is 0.188. The third-order valence-electron chi connectivity index (χ3n) is 3.25. The first-order valence-corrected chi connectivity index (χ1v) is 6.51. The van der Waals surface area contributed by atoms with Crippen molar-refractivity contribution >= 4 is 5.97 Å². The average molecular weight is 348 g/mol. The van der Waals surface area contributed by atoms with Crippen LogP contribution in [0.1, 0.15) is 21.5 Å². The van der Waals surface area contributed by atoms with Gasteiger partial charge in [0.2, 0.25) is 0 Å². The van der Waals surface area contributed by atoms with Gasteiger partial charge in [-0.3, -0.25) is 0 Å². The number of carbonyl (C=O) groups is 1. The van der Waals surface area contributed by atoms with E-state index >= 15 is 0 Å². The zero-order valence-corrected chi connectivity index (χ0v) is 12.1. The molecule has 0 bridgehead atoms. The molecule has 0 spiro atoms. The minimum absolute atomic E-state index is 0.170. The molecule has 0 aromatic heterocycles. The molecule has 128 valence electrons. The zero-order valence-electron chi connectivity index (χ0n) is 12.1. The molecule has 0 saturated carbocycles. The van der Waals surface area contributed by atoms with Gasteiger partial charge in [0.1, 0.15) is 0 Å². The molecular weight excluding hydrogens is 338 g/mol. The van der Waals surface area contributed by atoms with Gasteiger partial charge in [-0.1, -0.05) is 12.1 Å². The van der Waals surface area contributed by atoms with Gasteiger partial charge in [0.25, 0.3) is 0 Å². The second-order valence-electron chi connectivity index (χ2n) is 4.83. The number of carbonyl (C=O) groups excluding carboxylic acids is 1. The Morgan fingerprint density at radius 2 is 1.46 bits per heavy atom. The Kier molecular flexibility index (Phi) is 4.59. The molecule has 0 aliphatic rings. The Hall–Kier alpha value is -2.51. The summed E-state index contributed by atoms with van der Waals surface area (Å²) in [6.45, 7) is 0. The number of alkyl halides is 6. The standard InChI is InChI=1S/C16H10F6O2/c1-24-14(23)12-6-5-11(16(20,21)22)8-13(12)9-3-2-4-10(7-9)15(17,18)19/h2-8H,1H3. The first-order chi connectivity index (χ1) is 11.0. The van der Waals surface area contributed by atoms with Gasteiger partial charge in [-0.05, 0) is 41.5 Å². The molecule has 0 atom stereocenters. The van der Waals surface area contributed by atoms with E-state index in [2.05, 4.69) is 4.74 Å². The van der Waals surface area contributed by atoms with Crippen LogP contribution in [0.25, 0.3) is 11.1 Å². The molecule has 2 nitrogen and oxygen atoms in total. The maximum absolute atomic E-state index is 12.9. The first kappa shape index (κ1) is 17.8. The monoisotopic (exact) mass is 348 g/mol. The van der Waals surface area contributed by atoms with Crippen LogP contribution in [0.5, 0.6) is 0 Å². The van der Waals surface area contributed by atoms with Crippen LogP contribution in [0, 0.1) is 0 Å². The molecule has 2 aromatic carbocycles. The van der Waals surface area contributed by atoms with E-state index < -0.39 is 29.4 Å². The number of rotatable bonds is 2. The van der Waals surface area contributed by atoms with Crippen LogP contribution in [0.4, 0.5) is 26.3 Å². The van der Waals surface area contributed by atoms with Gasteiger partial charge in [0, 0.05) is 0 Å². The predicted molar refractivity (Wildman–Crippen MR) is 73.2 cm³/mol. The second-order valence-corrected chi connectivity index (χ2v) is 4.83. The van der Waals surface area contributed by atoms with Gasteiger partial charge in [0.15, 0.2) is 0 Å². The number of hydrogen-bond acceptors (Lipinski definition) is 2. The lowest BCUT2D eigenvalue weighted by Gasteiger charge is -2.14. The highest BCUT2D eigenvalue weighted by Gasteiger charge is 2.33. The lowest BCUT2D eigenvalue weighted by Crippen LogP contribution is -2.09. The molecular formula is C16H10F6O2. The molecule has 2 aromatic rings. The van der Waals surface area contributed by atoms with Crippen molar-refractivity contribution in [3.63, 3.8) is 0 Å². The van der Waals surface area contributed by atoms with E-state index in [4.69, 9.17) is 0 Å². The van der Waals surface area contributed by atoms with E-state index in [9.17, 15) is 31.1 Å². The summed E-state index contributed by atoms with van der Waals surface area (Å²) in [5.74, 6) is -0.948. The van der Waals surface area contributed by atoms with Crippen LogP contribution >= 0.6 is 0 Å². The Labute approximate surface area is 132 Å². The fourth-order valence-electron chi connectivity index (χ4n) is 2.11. The maximum Gasteiger partial charge on any atom is 0.416 e. The van der Waals surface area contributed by atoms with Crippen LogP contribution in [-0.2, 0) is 17.1 Å². The average Bonchev–Trinajstić information content (AvgIpc) is 2.52. The number of halogens is 6. The molecule has 0 saturated heterocycles. The summed E-state index contributed by atoms with van der Waals surface area (Å²) in [5, 5.41) is 0. The molecule has 0 heterocycles. The van der Waals surface area contributed by atoms with Crippen LogP contribution in [0.15, 0.2) is 42.5 Å². The first-order valence-electron chi connectivity index (χ1n) is 6.51. The summed E-state index contributed by atoms with van der Waals surface area (Å²) in [4.78, 5) is 11.7. The molecule has 0 fully saturated rings. The molecule has 0 aliphatic heterocycles. The minimum Gasteiger partial charge on any atom is -0.465 e. The van der Waals surface area contributed by atoms with Crippen LogP contribution in [-0.4, -0.2) is 13.1 Å². The smallest absolute Gasteiger partial charge is 0.416 e. The molecule has 8 heteroatoms. The van der Waals surface area contributed by atoms with Crippen molar-refractivity contribution in [2.24, 2.45) is 0 Å². The SMILES string of the molecule is COC(=O)c1ccc(C(F)(F)F)cc1-c1cccc(C(F)(F)F)c1. The number of esters is 1. The Bertz CT molecular complexity index is 762. The highest BCUT2D eigenvalue weighted by molar-refractivity contribution is 5.97. The number of ether oxygens (including phenoxy) is 1. The van der Waals surface area contributed by atoms with Gasteiger partial charge in [-0.2, -0.15) is 26.3 Å². The van der Waals surface area contributed by atoms with Crippen molar-refractivity contribution in [1.82, 2.24) is 0 Å². The van der Waals surface area contributed by atoms with Gasteiger partial charge in [-0.25, -0.2) is 4.79 Å². The topological polar surface area (TPSA) is 26.3 Å². The number of methoxy groups -OCH3 is 1. The molecule has 2 rings (SSSR count). The summed E-state index contributed by atoms with van der Waals surface area (Å²) in [5.41, 5.74) is -2.83. The van der Waals surface area contributed by atoms with Crippen LogP contribution in [0.2, 0.25) is 0 Å². The third kappa shape index (κ3) is 3.69. The second kappa shape index (κ2) is 6.18. The lowest BCUT2D eigenvalue weighted by atomic mass is 9.95. The molecule has 0 aliphatic carbocycles. The van der Waals surface area contributed by atoms with E-state index in [1.807, 2.05) is 0 Å². The Balaban J connectivity index is 2.68. The van der Waals surface area contributed by atoms with Crippen LogP contribution < -0.4 is 0 Å². The normalized spacial score (nSPS) is 12.1. The lowest BCUT2D eigenvalue weighted by molar-refractivity contribution is -0.138. The summed E-state index contributed by atoms with van der Waals surface area (Å²) < 4.78 is 81.5. The molecule has 0 unspecified atom stereocenters. The van der Waals surface area contributed by atoms with Crippen molar-refractivity contribution in [1.29, 1.82) is 0 Å². The van der Waals surface area contributed by atoms with E-state index in [0.717, 1.165) is 25.3 Å². The molecule has 0 radical (unpaired) electrons. The van der Waals surface area contributed by atoms with Gasteiger partial charge in [0.05, 0.1) is 23.8 Å². The van der Waals surface area contributed by atoms with E-state index in [0.29, 0.717) is 18.2 Å². The highest BCUT2D eigenvalue weighted by atomic mass is 19.4. The van der Waals surface area contributed by atoms with E-state index in [-0.39, 0.29) is 16.7 Å². The number of hydrogen-bond donors (Lipinski definition) is 0. The van der Waals surface area contributed by atoms with Crippen molar-refractivity contribution < 1.29 is 35.9 Å². The van der Waals surface area contributed by atoms with Crippen LogP contribution in [0.3, 0.4) is 0 Å². The van der Waals surface area contributed by atoms with Crippen molar-refractivity contribution in [3.8, 4) is 11.1 Å². The largest absolute Gasteiger partial charge is 0.465 e. The van der Waals surface area contributed by atoms with Crippen molar-refractivity contribution in [2.45, 2.75) is 12.4 Å². The van der Waals surface area contributed by atoms with Crippen molar-refractivity contribution in [2.75, 3.05) is 7.11 Å². The van der Waals surface area contributed by atoms with Gasteiger partial charge in [-0.15, -0.1) is 0 Å². The predicted octanol–water partition coefficient (Wildman–Crippen LogP) is 5.18. The summed E-state index contributed by atoms with van der Waals surface area (Å²) in [7, 11) is 1.02. The Morgan fingerprint density at radius 1 is 0.875 bits per heavy atom.